The Morgan fingerprint density at radius 1 is 0.868 bits per heavy atom. The van der Waals surface area contributed by atoms with E-state index >= 15 is 0 Å². The van der Waals surface area contributed by atoms with Crippen LogP contribution in [0.4, 0.5) is 24.7 Å². The summed E-state index contributed by atoms with van der Waals surface area (Å²) in [6.07, 6.45) is -2.92. The van der Waals surface area contributed by atoms with Crippen LogP contribution in [0, 0.1) is 5.92 Å². The summed E-state index contributed by atoms with van der Waals surface area (Å²) in [7, 11) is 1.63. The van der Waals surface area contributed by atoms with Crippen molar-refractivity contribution in [1.29, 1.82) is 0 Å². The van der Waals surface area contributed by atoms with Crippen molar-refractivity contribution in [3.8, 4) is 17.0 Å². The molecule has 0 aliphatic carbocycles. The Kier molecular flexibility index (Phi) is 7.40. The zero-order valence-corrected chi connectivity index (χ0v) is 21.2. The standard InChI is InChI=1S/C28H30F3N5O2/c1-38-25-8-3-2-7-23(25)24-9-10-26(33-32-24)35-13-11-20(12-14-35)27(37)36-17-15-34(16-18-36)22-6-4-5-21(19-22)28(29,30)31/h2-10,19-20H,11-18H2,1H3. The number of nitrogens with zero attached hydrogens (tertiary/aromatic N) is 5. The average Bonchev–Trinajstić information content (AvgIpc) is 2.97. The first kappa shape index (κ1) is 25.8. The van der Waals surface area contributed by atoms with E-state index in [1.54, 1.807) is 13.2 Å². The van der Waals surface area contributed by atoms with E-state index in [0.29, 0.717) is 45.0 Å². The number of piperazine rings is 1. The minimum atomic E-state index is -4.37. The molecule has 2 aliphatic rings. The van der Waals surface area contributed by atoms with Gasteiger partial charge in [0.2, 0.25) is 5.91 Å². The third kappa shape index (κ3) is 5.54. The van der Waals surface area contributed by atoms with E-state index in [9.17, 15) is 18.0 Å². The zero-order chi connectivity index (χ0) is 26.7. The average molecular weight is 526 g/mol. The molecule has 1 amide bonds. The van der Waals surface area contributed by atoms with Crippen LogP contribution >= 0.6 is 0 Å². The highest BCUT2D eigenvalue weighted by atomic mass is 19.4. The van der Waals surface area contributed by atoms with Crippen LogP contribution in [-0.4, -0.2) is 67.4 Å². The molecule has 200 valence electrons. The Balaban J connectivity index is 1.13. The third-order valence-electron chi connectivity index (χ3n) is 7.33. The molecule has 0 spiro atoms. The lowest BCUT2D eigenvalue weighted by Crippen LogP contribution is -2.51. The van der Waals surface area contributed by atoms with Gasteiger partial charge in [-0.25, -0.2) is 0 Å². The van der Waals surface area contributed by atoms with Gasteiger partial charge in [0.1, 0.15) is 5.75 Å². The highest BCUT2D eigenvalue weighted by Crippen LogP contribution is 2.32. The normalized spacial score (nSPS) is 17.0. The fraction of sp³-hybridized carbons (Fsp3) is 0.393. The molecule has 2 aromatic carbocycles. The summed E-state index contributed by atoms with van der Waals surface area (Å²) in [5.41, 5.74) is 1.50. The van der Waals surface area contributed by atoms with Crippen molar-refractivity contribution >= 4 is 17.4 Å². The Bertz CT molecular complexity index is 1250. The van der Waals surface area contributed by atoms with Crippen molar-refractivity contribution in [2.24, 2.45) is 5.92 Å². The molecular formula is C28H30F3N5O2. The van der Waals surface area contributed by atoms with Gasteiger partial charge in [-0.1, -0.05) is 18.2 Å². The number of aromatic nitrogens is 2. The van der Waals surface area contributed by atoms with Crippen LogP contribution in [0.1, 0.15) is 18.4 Å². The monoisotopic (exact) mass is 525 g/mol. The fourth-order valence-corrected chi connectivity index (χ4v) is 5.17. The molecule has 0 atom stereocenters. The Hall–Kier alpha value is -3.82. The minimum Gasteiger partial charge on any atom is -0.496 e. The van der Waals surface area contributed by atoms with Crippen molar-refractivity contribution in [2.75, 3.05) is 56.2 Å². The highest BCUT2D eigenvalue weighted by Gasteiger charge is 2.33. The van der Waals surface area contributed by atoms with Crippen LogP contribution in [0.25, 0.3) is 11.3 Å². The number of piperidine rings is 1. The van der Waals surface area contributed by atoms with Gasteiger partial charge in [0.05, 0.1) is 18.4 Å². The maximum Gasteiger partial charge on any atom is 0.416 e. The summed E-state index contributed by atoms with van der Waals surface area (Å²) in [4.78, 5) is 19.1. The number of ether oxygens (including phenoxy) is 1. The summed E-state index contributed by atoms with van der Waals surface area (Å²) in [6.45, 7) is 3.46. The number of alkyl halides is 3. The quantitative estimate of drug-likeness (QED) is 0.480. The van der Waals surface area contributed by atoms with E-state index < -0.39 is 11.7 Å². The maximum absolute atomic E-state index is 13.2. The van der Waals surface area contributed by atoms with E-state index in [1.807, 2.05) is 46.2 Å². The predicted octanol–water partition coefficient (Wildman–Crippen LogP) is 4.74. The van der Waals surface area contributed by atoms with Gasteiger partial charge in [-0.15, -0.1) is 10.2 Å². The third-order valence-corrected chi connectivity index (χ3v) is 7.33. The van der Waals surface area contributed by atoms with Gasteiger partial charge in [-0.05, 0) is 55.3 Å². The zero-order valence-electron chi connectivity index (χ0n) is 21.2. The minimum absolute atomic E-state index is 0.0628. The topological polar surface area (TPSA) is 61.8 Å². The molecule has 5 rings (SSSR count). The first-order valence-corrected chi connectivity index (χ1v) is 12.8. The molecule has 3 heterocycles. The van der Waals surface area contributed by atoms with Gasteiger partial charge in [0, 0.05) is 56.4 Å². The molecule has 0 N–H and O–H groups in total. The number of benzene rings is 2. The van der Waals surface area contributed by atoms with Crippen LogP contribution in [0.2, 0.25) is 0 Å². The lowest BCUT2D eigenvalue weighted by molar-refractivity contribution is -0.137. The van der Waals surface area contributed by atoms with Crippen LogP contribution in [-0.2, 0) is 11.0 Å². The second-order valence-electron chi connectivity index (χ2n) is 9.60. The largest absolute Gasteiger partial charge is 0.496 e. The number of anilines is 2. The summed E-state index contributed by atoms with van der Waals surface area (Å²) in [6, 6.07) is 16.9. The molecule has 2 fully saturated rings. The Morgan fingerprint density at radius 3 is 2.26 bits per heavy atom. The number of carbonyl (C=O) groups excluding carboxylic acids is 1. The van der Waals surface area contributed by atoms with Gasteiger partial charge in [-0.3, -0.25) is 4.79 Å². The first-order chi connectivity index (χ1) is 18.3. The first-order valence-electron chi connectivity index (χ1n) is 12.8. The molecule has 0 unspecified atom stereocenters. The van der Waals surface area contributed by atoms with Crippen molar-refractivity contribution in [1.82, 2.24) is 15.1 Å². The van der Waals surface area contributed by atoms with Gasteiger partial charge in [0.15, 0.2) is 5.82 Å². The molecule has 2 saturated heterocycles. The number of hydrogen-bond donors (Lipinski definition) is 0. The lowest BCUT2D eigenvalue weighted by Gasteiger charge is -2.39. The molecule has 38 heavy (non-hydrogen) atoms. The molecule has 7 nitrogen and oxygen atoms in total. The molecule has 0 radical (unpaired) electrons. The van der Waals surface area contributed by atoms with Crippen LogP contribution < -0.4 is 14.5 Å². The van der Waals surface area contributed by atoms with E-state index in [-0.39, 0.29) is 11.8 Å². The number of para-hydroxylation sites is 1. The summed E-state index contributed by atoms with van der Waals surface area (Å²) in [5, 5.41) is 8.82. The molecule has 0 saturated carbocycles. The van der Waals surface area contributed by atoms with E-state index in [0.717, 1.165) is 41.7 Å². The predicted molar refractivity (Wildman–Crippen MR) is 139 cm³/mol. The Morgan fingerprint density at radius 2 is 1.61 bits per heavy atom. The van der Waals surface area contributed by atoms with Gasteiger partial charge in [0.25, 0.3) is 0 Å². The molecule has 1 aromatic heterocycles. The van der Waals surface area contributed by atoms with Crippen LogP contribution in [0.3, 0.4) is 0 Å². The summed E-state index contributed by atoms with van der Waals surface area (Å²) < 4.78 is 44.6. The SMILES string of the molecule is COc1ccccc1-c1ccc(N2CCC(C(=O)N3CCN(c4cccc(C(F)(F)F)c4)CC3)CC2)nn1. The van der Waals surface area contributed by atoms with Crippen LogP contribution in [0.15, 0.2) is 60.7 Å². The fourth-order valence-electron chi connectivity index (χ4n) is 5.17. The number of halogens is 3. The number of methoxy groups -OCH3 is 1. The van der Waals surface area contributed by atoms with E-state index in [4.69, 9.17) is 4.74 Å². The number of carbonyl (C=O) groups is 1. The van der Waals surface area contributed by atoms with E-state index in [1.165, 1.54) is 12.1 Å². The highest BCUT2D eigenvalue weighted by molar-refractivity contribution is 5.79. The second kappa shape index (κ2) is 10.9. The lowest BCUT2D eigenvalue weighted by atomic mass is 9.95. The summed E-state index contributed by atoms with van der Waals surface area (Å²) in [5.74, 6) is 1.59. The van der Waals surface area contributed by atoms with Gasteiger partial charge >= 0.3 is 6.18 Å². The number of rotatable bonds is 5. The smallest absolute Gasteiger partial charge is 0.416 e. The summed E-state index contributed by atoms with van der Waals surface area (Å²) >= 11 is 0. The molecule has 0 bridgehead atoms. The maximum atomic E-state index is 13.2. The van der Waals surface area contributed by atoms with Gasteiger partial charge in [-0.2, -0.15) is 13.2 Å². The van der Waals surface area contributed by atoms with Crippen LogP contribution in [0.5, 0.6) is 5.75 Å². The van der Waals surface area contributed by atoms with Crippen molar-refractivity contribution < 1.29 is 22.7 Å². The molecule has 2 aliphatic heterocycles. The Labute approximate surface area is 219 Å². The van der Waals surface area contributed by atoms with Gasteiger partial charge < -0.3 is 19.4 Å². The molecule has 10 heteroatoms. The molecule has 3 aromatic rings. The van der Waals surface area contributed by atoms with E-state index in [2.05, 4.69) is 15.1 Å². The van der Waals surface area contributed by atoms with Crippen molar-refractivity contribution in [2.45, 2.75) is 19.0 Å². The number of hydrogen-bond acceptors (Lipinski definition) is 6. The van der Waals surface area contributed by atoms with Crippen molar-refractivity contribution in [3.63, 3.8) is 0 Å². The number of amides is 1. The molecular weight excluding hydrogens is 495 g/mol. The second-order valence-corrected chi connectivity index (χ2v) is 9.60. The van der Waals surface area contributed by atoms with Crippen molar-refractivity contribution in [3.05, 3.63) is 66.2 Å².